The molecule has 0 amide bonds. The third-order valence-electron chi connectivity index (χ3n) is 3.41. The zero-order valence-electron chi connectivity index (χ0n) is 11.6. The molecular weight excluding hydrogens is 256 g/mol. The molecule has 0 saturated carbocycles. The highest BCUT2D eigenvalue weighted by atomic mass is 16.5. The van der Waals surface area contributed by atoms with Crippen molar-refractivity contribution in [2.75, 3.05) is 43.9 Å². The number of morpholine rings is 1. The molecule has 1 aliphatic rings. The van der Waals surface area contributed by atoms with Crippen molar-refractivity contribution < 1.29 is 4.74 Å². The molecule has 7 nitrogen and oxygen atoms in total. The van der Waals surface area contributed by atoms with Crippen LogP contribution < -0.4 is 11.1 Å². The maximum absolute atomic E-state index is 5.82. The Hall–Kier alpha value is -1.86. The highest BCUT2D eigenvalue weighted by Gasteiger charge is 2.15. The lowest BCUT2D eigenvalue weighted by Gasteiger charge is -2.29. The van der Waals surface area contributed by atoms with Crippen LogP contribution in [0.3, 0.4) is 0 Å². The monoisotopic (exact) mass is 276 g/mol. The number of imidazole rings is 1. The number of rotatable bonds is 4. The summed E-state index contributed by atoms with van der Waals surface area (Å²) in [4.78, 5) is 11.0. The van der Waals surface area contributed by atoms with E-state index in [2.05, 4.69) is 27.1 Å². The van der Waals surface area contributed by atoms with Crippen molar-refractivity contribution >= 4 is 17.3 Å². The van der Waals surface area contributed by atoms with Crippen LogP contribution in [0, 0.1) is 0 Å². The number of aromatic nitrogens is 3. The van der Waals surface area contributed by atoms with E-state index in [0.29, 0.717) is 5.82 Å². The molecule has 2 aromatic rings. The molecule has 0 radical (unpaired) electrons. The molecule has 0 bridgehead atoms. The lowest BCUT2D eigenvalue weighted by molar-refractivity contribution is 0.0368. The minimum Gasteiger partial charge on any atom is -0.382 e. The number of hydrogen-bond donors (Lipinski definition) is 2. The van der Waals surface area contributed by atoms with Gasteiger partial charge in [-0.05, 0) is 6.92 Å². The largest absolute Gasteiger partial charge is 0.382 e. The normalized spacial score (nSPS) is 18.2. The molecule has 1 saturated heterocycles. The van der Waals surface area contributed by atoms with Crippen LogP contribution in [0.25, 0.3) is 5.65 Å². The number of nitrogens with one attached hydrogen (secondary N) is 1. The number of anilines is 2. The van der Waals surface area contributed by atoms with E-state index in [9.17, 15) is 0 Å². The van der Waals surface area contributed by atoms with Gasteiger partial charge in [-0.25, -0.2) is 9.97 Å². The van der Waals surface area contributed by atoms with E-state index in [1.54, 1.807) is 12.4 Å². The molecule has 3 heterocycles. The van der Waals surface area contributed by atoms with E-state index >= 15 is 0 Å². The smallest absolute Gasteiger partial charge is 0.180 e. The highest BCUT2D eigenvalue weighted by molar-refractivity contribution is 5.65. The van der Waals surface area contributed by atoms with Gasteiger partial charge in [-0.2, -0.15) is 0 Å². The number of nitrogens with two attached hydrogens (primary N) is 1. The molecule has 3 rings (SSSR count). The fourth-order valence-electron chi connectivity index (χ4n) is 2.50. The van der Waals surface area contributed by atoms with Crippen molar-refractivity contribution in [1.82, 2.24) is 19.3 Å². The number of nitrogen functional groups attached to an aromatic ring is 1. The second-order valence-electron chi connectivity index (χ2n) is 5.13. The topological polar surface area (TPSA) is 80.7 Å². The Morgan fingerprint density at radius 3 is 3.05 bits per heavy atom. The fraction of sp³-hybridized carbons (Fsp3) is 0.538. The summed E-state index contributed by atoms with van der Waals surface area (Å²) in [5.41, 5.74) is 6.62. The Morgan fingerprint density at radius 1 is 1.45 bits per heavy atom. The molecule has 0 aliphatic carbocycles. The first-order valence-electron chi connectivity index (χ1n) is 6.88. The molecule has 108 valence electrons. The van der Waals surface area contributed by atoms with Gasteiger partial charge in [0, 0.05) is 38.1 Å². The van der Waals surface area contributed by atoms with Gasteiger partial charge in [-0.3, -0.25) is 4.90 Å². The fourth-order valence-corrected chi connectivity index (χ4v) is 2.50. The maximum atomic E-state index is 5.82. The molecule has 1 atom stereocenters. The van der Waals surface area contributed by atoms with Gasteiger partial charge in [0.15, 0.2) is 11.5 Å². The summed E-state index contributed by atoms with van der Waals surface area (Å²) >= 11 is 0. The molecular formula is C13H20N6O. The second kappa shape index (κ2) is 5.64. The quantitative estimate of drug-likeness (QED) is 0.843. The lowest BCUT2D eigenvalue weighted by Crippen LogP contribution is -2.42. The van der Waals surface area contributed by atoms with Crippen molar-refractivity contribution in [3.05, 3.63) is 18.6 Å². The summed E-state index contributed by atoms with van der Waals surface area (Å²) in [5.74, 6) is 1.22. The molecule has 7 heteroatoms. The summed E-state index contributed by atoms with van der Waals surface area (Å²) < 4.78 is 7.24. The summed E-state index contributed by atoms with van der Waals surface area (Å²) in [6.45, 7) is 6.68. The van der Waals surface area contributed by atoms with Gasteiger partial charge in [0.05, 0.1) is 19.4 Å². The lowest BCUT2D eigenvalue weighted by atomic mass is 10.3. The Morgan fingerprint density at radius 2 is 2.25 bits per heavy atom. The predicted octanol–water partition coefficient (Wildman–Crippen LogP) is 0.444. The summed E-state index contributed by atoms with van der Waals surface area (Å²) in [7, 11) is 0. The van der Waals surface area contributed by atoms with Crippen LogP contribution in [-0.4, -0.2) is 58.2 Å². The molecule has 3 N–H and O–H groups in total. The van der Waals surface area contributed by atoms with Crippen molar-refractivity contribution in [3.8, 4) is 0 Å². The van der Waals surface area contributed by atoms with E-state index in [4.69, 9.17) is 10.5 Å². The van der Waals surface area contributed by atoms with E-state index in [1.807, 2.05) is 10.6 Å². The Kier molecular flexibility index (Phi) is 3.70. The van der Waals surface area contributed by atoms with Crippen LogP contribution in [0.5, 0.6) is 0 Å². The van der Waals surface area contributed by atoms with Gasteiger partial charge in [0.2, 0.25) is 0 Å². The van der Waals surface area contributed by atoms with Gasteiger partial charge < -0.3 is 20.2 Å². The van der Waals surface area contributed by atoms with Gasteiger partial charge in [0.25, 0.3) is 0 Å². The predicted molar refractivity (Wildman–Crippen MR) is 77.7 cm³/mol. The first kappa shape index (κ1) is 13.1. The second-order valence-corrected chi connectivity index (χ2v) is 5.13. The van der Waals surface area contributed by atoms with Crippen molar-refractivity contribution in [3.63, 3.8) is 0 Å². The van der Waals surface area contributed by atoms with Crippen LogP contribution in [0.4, 0.5) is 11.6 Å². The van der Waals surface area contributed by atoms with E-state index < -0.39 is 0 Å². The number of ether oxygens (including phenoxy) is 1. The zero-order chi connectivity index (χ0) is 13.9. The van der Waals surface area contributed by atoms with Crippen molar-refractivity contribution in [2.24, 2.45) is 0 Å². The van der Waals surface area contributed by atoms with Crippen LogP contribution in [0.2, 0.25) is 0 Å². The van der Waals surface area contributed by atoms with Crippen LogP contribution >= 0.6 is 0 Å². The third kappa shape index (κ3) is 2.83. The maximum Gasteiger partial charge on any atom is 0.180 e. The zero-order valence-corrected chi connectivity index (χ0v) is 11.6. The Balaban J connectivity index is 1.70. The van der Waals surface area contributed by atoms with E-state index in [1.165, 1.54) is 0 Å². The van der Waals surface area contributed by atoms with Crippen molar-refractivity contribution in [2.45, 2.75) is 13.0 Å². The summed E-state index contributed by atoms with van der Waals surface area (Å²) in [5, 5.41) is 3.40. The summed E-state index contributed by atoms with van der Waals surface area (Å²) in [6.07, 6.45) is 5.37. The van der Waals surface area contributed by atoms with Crippen LogP contribution in [-0.2, 0) is 4.74 Å². The van der Waals surface area contributed by atoms with Crippen LogP contribution in [0.1, 0.15) is 6.92 Å². The minimum absolute atomic E-state index is 0.267. The van der Waals surface area contributed by atoms with Crippen molar-refractivity contribution in [1.29, 1.82) is 0 Å². The first-order valence-corrected chi connectivity index (χ1v) is 6.88. The Labute approximate surface area is 117 Å². The van der Waals surface area contributed by atoms with Gasteiger partial charge >= 0.3 is 0 Å². The van der Waals surface area contributed by atoms with Gasteiger partial charge in [-0.15, -0.1) is 0 Å². The standard InChI is InChI=1S/C13H20N6O/c1-10(8-18-4-6-20-7-5-18)16-12-13-15-2-3-19(13)9-11(14)17-12/h2-3,9-10H,4-8,14H2,1H3,(H,16,17). The van der Waals surface area contributed by atoms with E-state index in [0.717, 1.165) is 44.3 Å². The van der Waals surface area contributed by atoms with Gasteiger partial charge in [0.1, 0.15) is 5.82 Å². The average Bonchev–Trinajstić information content (AvgIpc) is 2.88. The van der Waals surface area contributed by atoms with Gasteiger partial charge in [-0.1, -0.05) is 0 Å². The molecule has 2 aromatic heterocycles. The SMILES string of the molecule is CC(CN1CCOCC1)Nc1nc(N)cn2ccnc12. The molecule has 1 unspecified atom stereocenters. The summed E-state index contributed by atoms with van der Waals surface area (Å²) in [6, 6.07) is 0.267. The highest BCUT2D eigenvalue weighted by Crippen LogP contribution is 2.15. The number of nitrogens with zero attached hydrogens (tertiary/aromatic N) is 4. The van der Waals surface area contributed by atoms with E-state index in [-0.39, 0.29) is 6.04 Å². The molecule has 0 spiro atoms. The van der Waals surface area contributed by atoms with Crippen LogP contribution in [0.15, 0.2) is 18.6 Å². The molecule has 1 aliphatic heterocycles. The number of hydrogen-bond acceptors (Lipinski definition) is 6. The molecule has 20 heavy (non-hydrogen) atoms. The minimum atomic E-state index is 0.267. The Bertz CT molecular complexity index is 577. The molecule has 0 aromatic carbocycles. The molecule has 1 fully saturated rings. The third-order valence-corrected chi connectivity index (χ3v) is 3.41. The average molecular weight is 276 g/mol. The first-order chi connectivity index (χ1) is 9.72. The number of fused-ring (bicyclic) bond motifs is 1.